The van der Waals surface area contributed by atoms with Gasteiger partial charge in [-0.3, -0.25) is 0 Å². The number of benzene rings is 1. The summed E-state index contributed by atoms with van der Waals surface area (Å²) in [4.78, 5) is 2.40. The molecule has 3 nitrogen and oxygen atoms in total. The standard InChI is InChI=1S/C18H32N2O/c1-5-11-19-15-16-9-8-10-18(14-16)21-13-12-20(4)17(6-2)7-3/h8-10,14,17,19H,5-7,11-13,15H2,1-4H3. The highest BCUT2D eigenvalue weighted by atomic mass is 16.5. The molecular weight excluding hydrogens is 260 g/mol. The van der Waals surface area contributed by atoms with Crippen molar-refractivity contribution < 1.29 is 4.74 Å². The molecule has 0 saturated heterocycles. The molecule has 0 radical (unpaired) electrons. The van der Waals surface area contributed by atoms with Crippen LogP contribution in [0.25, 0.3) is 0 Å². The number of hydrogen-bond acceptors (Lipinski definition) is 3. The van der Waals surface area contributed by atoms with Crippen LogP contribution in [0, 0.1) is 0 Å². The van der Waals surface area contributed by atoms with E-state index >= 15 is 0 Å². The van der Waals surface area contributed by atoms with E-state index in [9.17, 15) is 0 Å². The van der Waals surface area contributed by atoms with Gasteiger partial charge in [0.05, 0.1) is 0 Å². The average Bonchev–Trinajstić information content (AvgIpc) is 2.49. The van der Waals surface area contributed by atoms with E-state index in [0.29, 0.717) is 6.04 Å². The first-order valence-electron chi connectivity index (χ1n) is 8.33. The summed E-state index contributed by atoms with van der Waals surface area (Å²) in [5.74, 6) is 0.976. The minimum Gasteiger partial charge on any atom is -0.492 e. The van der Waals surface area contributed by atoms with Crippen LogP contribution in [-0.2, 0) is 6.54 Å². The molecule has 0 aliphatic carbocycles. The van der Waals surface area contributed by atoms with Crippen molar-refractivity contribution in [3.8, 4) is 5.75 Å². The van der Waals surface area contributed by atoms with Crippen molar-refractivity contribution >= 4 is 0 Å². The third kappa shape index (κ3) is 6.96. The van der Waals surface area contributed by atoms with Gasteiger partial charge in [-0.05, 0) is 50.6 Å². The van der Waals surface area contributed by atoms with E-state index in [2.05, 4.69) is 56.2 Å². The molecule has 0 saturated carbocycles. The Balaban J connectivity index is 2.36. The molecule has 0 heterocycles. The molecule has 0 spiro atoms. The highest BCUT2D eigenvalue weighted by molar-refractivity contribution is 5.28. The zero-order valence-corrected chi connectivity index (χ0v) is 14.2. The molecule has 0 amide bonds. The maximum atomic E-state index is 5.89. The highest BCUT2D eigenvalue weighted by Crippen LogP contribution is 2.13. The quantitative estimate of drug-likeness (QED) is 0.630. The summed E-state index contributed by atoms with van der Waals surface area (Å²) < 4.78 is 5.89. The van der Waals surface area contributed by atoms with Gasteiger partial charge in [-0.25, -0.2) is 0 Å². The zero-order chi connectivity index (χ0) is 15.5. The molecule has 1 rings (SSSR count). The molecular formula is C18H32N2O. The summed E-state index contributed by atoms with van der Waals surface area (Å²) in [6, 6.07) is 9.06. The lowest BCUT2D eigenvalue weighted by atomic mass is 10.1. The van der Waals surface area contributed by atoms with Crippen LogP contribution in [0.4, 0.5) is 0 Å². The van der Waals surface area contributed by atoms with Crippen LogP contribution < -0.4 is 10.1 Å². The van der Waals surface area contributed by atoms with Gasteiger partial charge in [0.25, 0.3) is 0 Å². The fraction of sp³-hybridized carbons (Fsp3) is 0.667. The van der Waals surface area contributed by atoms with E-state index in [4.69, 9.17) is 4.74 Å². The van der Waals surface area contributed by atoms with Crippen molar-refractivity contribution in [3.63, 3.8) is 0 Å². The maximum Gasteiger partial charge on any atom is 0.119 e. The second kappa shape index (κ2) is 10.6. The van der Waals surface area contributed by atoms with E-state index in [0.717, 1.165) is 32.0 Å². The van der Waals surface area contributed by atoms with Crippen molar-refractivity contribution in [1.82, 2.24) is 10.2 Å². The second-order valence-electron chi connectivity index (χ2n) is 5.62. The van der Waals surface area contributed by atoms with Crippen LogP contribution >= 0.6 is 0 Å². The van der Waals surface area contributed by atoms with Gasteiger partial charge in [0, 0.05) is 19.1 Å². The van der Waals surface area contributed by atoms with Crippen molar-refractivity contribution in [3.05, 3.63) is 29.8 Å². The Hall–Kier alpha value is -1.06. The molecule has 0 atom stereocenters. The minimum atomic E-state index is 0.665. The van der Waals surface area contributed by atoms with Crippen LogP contribution in [0.5, 0.6) is 5.75 Å². The molecule has 120 valence electrons. The van der Waals surface area contributed by atoms with Crippen LogP contribution in [0.15, 0.2) is 24.3 Å². The van der Waals surface area contributed by atoms with Crippen LogP contribution in [-0.4, -0.2) is 37.7 Å². The third-order valence-corrected chi connectivity index (χ3v) is 3.93. The summed E-state index contributed by atoms with van der Waals surface area (Å²) in [5.41, 5.74) is 1.29. The lowest BCUT2D eigenvalue weighted by molar-refractivity contribution is 0.183. The van der Waals surface area contributed by atoms with E-state index in [1.807, 2.05) is 6.07 Å². The molecule has 21 heavy (non-hydrogen) atoms. The Morgan fingerprint density at radius 1 is 1.19 bits per heavy atom. The first kappa shape index (κ1) is 18.0. The van der Waals surface area contributed by atoms with Gasteiger partial charge in [0.2, 0.25) is 0 Å². The number of rotatable bonds is 11. The smallest absolute Gasteiger partial charge is 0.119 e. The fourth-order valence-electron chi connectivity index (χ4n) is 2.56. The van der Waals surface area contributed by atoms with Gasteiger partial charge < -0.3 is 15.0 Å². The Kier molecular flexibility index (Phi) is 9.11. The van der Waals surface area contributed by atoms with Crippen molar-refractivity contribution in [1.29, 1.82) is 0 Å². The molecule has 1 aromatic rings. The van der Waals surface area contributed by atoms with Crippen LogP contribution in [0.3, 0.4) is 0 Å². The van der Waals surface area contributed by atoms with E-state index < -0.39 is 0 Å². The largest absolute Gasteiger partial charge is 0.492 e. The Morgan fingerprint density at radius 2 is 1.95 bits per heavy atom. The first-order valence-corrected chi connectivity index (χ1v) is 8.33. The van der Waals surface area contributed by atoms with Gasteiger partial charge in [-0.1, -0.05) is 32.9 Å². The Bertz CT molecular complexity index is 377. The van der Waals surface area contributed by atoms with Gasteiger partial charge >= 0.3 is 0 Å². The summed E-state index contributed by atoms with van der Waals surface area (Å²) in [5, 5.41) is 3.42. The SMILES string of the molecule is CCCNCc1cccc(OCCN(C)C(CC)CC)c1. The Morgan fingerprint density at radius 3 is 2.62 bits per heavy atom. The number of ether oxygens (including phenoxy) is 1. The van der Waals surface area contributed by atoms with Gasteiger partial charge in [-0.2, -0.15) is 0 Å². The molecule has 0 bridgehead atoms. The number of nitrogens with one attached hydrogen (secondary N) is 1. The minimum absolute atomic E-state index is 0.665. The lowest BCUT2D eigenvalue weighted by Gasteiger charge is -2.25. The summed E-state index contributed by atoms with van der Waals surface area (Å²) in [7, 11) is 2.19. The summed E-state index contributed by atoms with van der Waals surface area (Å²) in [6.07, 6.45) is 3.57. The van der Waals surface area contributed by atoms with Crippen LogP contribution in [0.2, 0.25) is 0 Å². The normalized spacial score (nSPS) is 11.3. The molecule has 0 aliphatic heterocycles. The summed E-state index contributed by atoms with van der Waals surface area (Å²) in [6.45, 7) is 10.4. The maximum absolute atomic E-state index is 5.89. The van der Waals surface area contributed by atoms with E-state index in [1.54, 1.807) is 0 Å². The highest BCUT2D eigenvalue weighted by Gasteiger charge is 2.09. The monoisotopic (exact) mass is 292 g/mol. The lowest BCUT2D eigenvalue weighted by Crippen LogP contribution is -2.34. The zero-order valence-electron chi connectivity index (χ0n) is 14.2. The molecule has 1 N–H and O–H groups in total. The predicted octanol–water partition coefficient (Wildman–Crippen LogP) is 3.69. The fourth-order valence-corrected chi connectivity index (χ4v) is 2.56. The van der Waals surface area contributed by atoms with Crippen molar-refractivity contribution in [2.45, 2.75) is 52.6 Å². The second-order valence-corrected chi connectivity index (χ2v) is 5.62. The number of hydrogen-bond donors (Lipinski definition) is 1. The topological polar surface area (TPSA) is 24.5 Å². The van der Waals surface area contributed by atoms with E-state index in [-0.39, 0.29) is 0 Å². The third-order valence-electron chi connectivity index (χ3n) is 3.93. The summed E-state index contributed by atoms with van der Waals surface area (Å²) >= 11 is 0. The predicted molar refractivity (Wildman–Crippen MR) is 90.9 cm³/mol. The molecule has 0 aromatic heterocycles. The van der Waals surface area contributed by atoms with Gasteiger partial charge in [0.15, 0.2) is 0 Å². The molecule has 0 aliphatic rings. The number of nitrogens with zero attached hydrogens (tertiary/aromatic N) is 1. The molecule has 0 unspecified atom stereocenters. The van der Waals surface area contributed by atoms with Crippen LogP contribution in [0.1, 0.15) is 45.6 Å². The van der Waals surface area contributed by atoms with Crippen molar-refractivity contribution in [2.75, 3.05) is 26.7 Å². The first-order chi connectivity index (χ1) is 10.2. The molecule has 1 aromatic carbocycles. The Labute approximate surface area is 130 Å². The van der Waals surface area contributed by atoms with Gasteiger partial charge in [0.1, 0.15) is 12.4 Å². The van der Waals surface area contributed by atoms with Gasteiger partial charge in [-0.15, -0.1) is 0 Å². The number of likely N-dealkylation sites (N-methyl/N-ethyl adjacent to an activating group) is 1. The molecule has 3 heteroatoms. The van der Waals surface area contributed by atoms with Crippen molar-refractivity contribution in [2.24, 2.45) is 0 Å². The van der Waals surface area contributed by atoms with E-state index in [1.165, 1.54) is 24.8 Å². The average molecular weight is 292 g/mol. The molecule has 0 fully saturated rings.